The van der Waals surface area contributed by atoms with Gasteiger partial charge in [-0.2, -0.15) is 5.10 Å². The lowest BCUT2D eigenvalue weighted by Crippen LogP contribution is -2.39. The van der Waals surface area contributed by atoms with E-state index in [9.17, 15) is 15.0 Å². The van der Waals surface area contributed by atoms with Crippen molar-refractivity contribution in [1.29, 1.82) is 0 Å². The third-order valence-corrected chi connectivity index (χ3v) is 4.89. The summed E-state index contributed by atoms with van der Waals surface area (Å²) in [6.45, 7) is 4.98. The van der Waals surface area contributed by atoms with Crippen molar-refractivity contribution in [1.82, 2.24) is 14.6 Å². The van der Waals surface area contributed by atoms with E-state index in [-0.39, 0.29) is 18.5 Å². The Hall–Kier alpha value is -2.43. The van der Waals surface area contributed by atoms with E-state index < -0.39 is 30.1 Å². The Bertz CT molecular complexity index is 827. The quantitative estimate of drug-likeness (QED) is 0.636. The van der Waals surface area contributed by atoms with Gasteiger partial charge in [0.15, 0.2) is 5.82 Å². The third kappa shape index (κ3) is 3.43. The Morgan fingerprint density at radius 3 is 2.93 bits per heavy atom. The van der Waals surface area contributed by atoms with Crippen LogP contribution in [0.1, 0.15) is 32.9 Å². The molecule has 0 unspecified atom stereocenters. The summed E-state index contributed by atoms with van der Waals surface area (Å²) in [6, 6.07) is 3.39. The fraction of sp³-hybridized carbons (Fsp3) is 0.588. The largest absolute Gasteiger partial charge is 0.508 e. The first kappa shape index (κ1) is 19.3. The maximum absolute atomic E-state index is 11.7. The van der Waals surface area contributed by atoms with Crippen LogP contribution in [0.25, 0.3) is 5.52 Å². The van der Waals surface area contributed by atoms with E-state index in [1.165, 1.54) is 10.8 Å². The Labute approximate surface area is 155 Å². The number of carbonyl (C=O) groups is 1. The lowest BCUT2D eigenvalue weighted by molar-refractivity contribution is -0.0950. The van der Waals surface area contributed by atoms with Gasteiger partial charge in [0.2, 0.25) is 0 Å². The normalized spacial score (nSPS) is 29.0. The second-order valence-corrected chi connectivity index (χ2v) is 6.76. The van der Waals surface area contributed by atoms with E-state index in [0.717, 1.165) is 0 Å². The van der Waals surface area contributed by atoms with Crippen molar-refractivity contribution < 1.29 is 29.2 Å². The van der Waals surface area contributed by atoms with Crippen molar-refractivity contribution in [2.75, 3.05) is 12.3 Å². The average molecular weight is 380 g/mol. The molecule has 10 nitrogen and oxygen atoms in total. The zero-order chi connectivity index (χ0) is 19.8. The van der Waals surface area contributed by atoms with Crippen molar-refractivity contribution in [3.05, 3.63) is 24.2 Å². The molecule has 1 aliphatic rings. The fourth-order valence-corrected chi connectivity index (χ4v) is 3.09. The minimum Gasteiger partial charge on any atom is -0.431 e. The molecule has 0 radical (unpaired) electrons. The summed E-state index contributed by atoms with van der Waals surface area (Å²) < 4.78 is 17.4. The van der Waals surface area contributed by atoms with Crippen LogP contribution < -0.4 is 5.73 Å². The van der Waals surface area contributed by atoms with Crippen LogP contribution in [-0.4, -0.2) is 62.0 Å². The molecule has 0 amide bonds. The van der Waals surface area contributed by atoms with Gasteiger partial charge in [-0.3, -0.25) is 0 Å². The van der Waals surface area contributed by atoms with Gasteiger partial charge in [0.25, 0.3) is 0 Å². The van der Waals surface area contributed by atoms with Gasteiger partial charge in [0.05, 0.1) is 5.69 Å². The monoisotopic (exact) mass is 380 g/mol. The van der Waals surface area contributed by atoms with Crippen LogP contribution in [0.4, 0.5) is 10.6 Å². The molecule has 4 N–H and O–H groups in total. The molecule has 5 atom stereocenters. The maximum Gasteiger partial charge on any atom is 0.508 e. The smallest absolute Gasteiger partial charge is 0.431 e. The lowest BCUT2D eigenvalue weighted by atomic mass is 9.93. The summed E-state index contributed by atoms with van der Waals surface area (Å²) >= 11 is 0. The van der Waals surface area contributed by atoms with Gasteiger partial charge in [-0.25, -0.2) is 14.3 Å². The summed E-state index contributed by atoms with van der Waals surface area (Å²) in [5.74, 6) is 0.278. The maximum atomic E-state index is 11.7. The van der Waals surface area contributed by atoms with E-state index in [0.29, 0.717) is 17.6 Å². The van der Waals surface area contributed by atoms with Crippen LogP contribution >= 0.6 is 0 Å². The average Bonchev–Trinajstić information content (AvgIpc) is 3.17. The van der Waals surface area contributed by atoms with Crippen LogP contribution in [-0.2, 0) is 19.8 Å². The molecule has 2 aromatic heterocycles. The minimum absolute atomic E-state index is 0.260. The zero-order valence-electron chi connectivity index (χ0n) is 15.4. The Morgan fingerprint density at radius 1 is 1.48 bits per heavy atom. The molecule has 27 heavy (non-hydrogen) atoms. The Balaban J connectivity index is 1.77. The highest BCUT2D eigenvalue weighted by Crippen LogP contribution is 2.40. The van der Waals surface area contributed by atoms with Crippen molar-refractivity contribution in [2.45, 2.75) is 57.2 Å². The first-order valence-electron chi connectivity index (χ1n) is 8.74. The number of anilines is 1. The van der Waals surface area contributed by atoms with Gasteiger partial charge in [-0.15, -0.1) is 0 Å². The first-order chi connectivity index (χ1) is 12.8. The van der Waals surface area contributed by atoms with E-state index in [1.807, 2.05) is 6.92 Å². The molecule has 1 aliphatic heterocycles. The second kappa shape index (κ2) is 7.29. The van der Waals surface area contributed by atoms with E-state index in [4.69, 9.17) is 19.9 Å². The zero-order valence-corrected chi connectivity index (χ0v) is 15.4. The molecule has 1 fully saturated rings. The second-order valence-electron chi connectivity index (χ2n) is 6.76. The Kier molecular flexibility index (Phi) is 5.22. The lowest BCUT2D eigenvalue weighted by Gasteiger charge is -2.27. The number of nitrogen functional groups attached to an aromatic ring is 1. The van der Waals surface area contributed by atoms with Crippen molar-refractivity contribution in [3.63, 3.8) is 0 Å². The van der Waals surface area contributed by atoms with Crippen molar-refractivity contribution >= 4 is 17.5 Å². The highest BCUT2D eigenvalue weighted by Gasteiger charge is 2.54. The number of hydrogen-bond acceptors (Lipinski definition) is 9. The van der Waals surface area contributed by atoms with Crippen LogP contribution in [0.2, 0.25) is 0 Å². The van der Waals surface area contributed by atoms with E-state index in [1.54, 1.807) is 26.0 Å². The number of nitrogens with zero attached hydrogens (tertiary/aromatic N) is 3. The fourth-order valence-electron chi connectivity index (χ4n) is 3.09. The first-order valence-corrected chi connectivity index (χ1v) is 8.74. The molecule has 3 heterocycles. The standard InChI is InChI=1S/C17H24N4O6/c1-4-9(2)26-16(24)25-7-11-13(22)14(23)17(3,27-11)12-6-5-10-15(18)19-8-20-21(10)12/h5-6,8-9,11,13-14,22-23H,4,7H2,1-3H3,(H2,18,19,20)/t9-,11+,13+,14+,17-/m0/s1. The van der Waals surface area contributed by atoms with Crippen LogP contribution in [0.5, 0.6) is 0 Å². The topological polar surface area (TPSA) is 141 Å². The highest BCUT2D eigenvalue weighted by molar-refractivity contribution is 5.65. The molecule has 0 bridgehead atoms. The number of nitrogens with two attached hydrogens (primary N) is 1. The predicted molar refractivity (Wildman–Crippen MR) is 93.8 cm³/mol. The predicted octanol–water partition coefficient (Wildman–Crippen LogP) is 0.599. The van der Waals surface area contributed by atoms with Gasteiger partial charge < -0.3 is 30.2 Å². The number of aliphatic hydroxyl groups excluding tert-OH is 2. The molecule has 1 saturated heterocycles. The molecule has 0 saturated carbocycles. The van der Waals surface area contributed by atoms with Crippen molar-refractivity contribution in [2.24, 2.45) is 0 Å². The molecular formula is C17H24N4O6. The highest BCUT2D eigenvalue weighted by atomic mass is 16.7. The summed E-state index contributed by atoms with van der Waals surface area (Å²) in [5, 5.41) is 25.1. The molecule has 10 heteroatoms. The molecular weight excluding hydrogens is 356 g/mol. The summed E-state index contributed by atoms with van der Waals surface area (Å²) in [6.07, 6.45) is -2.66. The molecule has 0 spiro atoms. The number of aliphatic hydroxyl groups is 2. The molecule has 0 aliphatic carbocycles. The van der Waals surface area contributed by atoms with Gasteiger partial charge in [-0.05, 0) is 32.4 Å². The van der Waals surface area contributed by atoms with Gasteiger partial charge in [0, 0.05) is 0 Å². The third-order valence-electron chi connectivity index (χ3n) is 4.89. The van der Waals surface area contributed by atoms with Crippen LogP contribution in [0.3, 0.4) is 0 Å². The molecule has 148 valence electrons. The van der Waals surface area contributed by atoms with Crippen LogP contribution in [0.15, 0.2) is 18.5 Å². The summed E-state index contributed by atoms with van der Waals surface area (Å²) in [7, 11) is 0. The van der Waals surface area contributed by atoms with Gasteiger partial charge in [-0.1, -0.05) is 6.92 Å². The SMILES string of the molecule is CC[C@H](C)OC(=O)OC[C@H]1O[C@@](C)(c2ccc3c(N)ncnn23)[C@H](O)[C@@H]1O. The Morgan fingerprint density at radius 2 is 2.22 bits per heavy atom. The van der Waals surface area contributed by atoms with E-state index in [2.05, 4.69) is 10.1 Å². The number of aromatic nitrogens is 3. The number of rotatable bonds is 5. The summed E-state index contributed by atoms with van der Waals surface area (Å²) in [5.41, 5.74) is 5.59. The molecule has 2 aromatic rings. The summed E-state index contributed by atoms with van der Waals surface area (Å²) in [4.78, 5) is 15.6. The number of hydrogen-bond donors (Lipinski definition) is 3. The molecule has 3 rings (SSSR count). The number of fused-ring (bicyclic) bond motifs is 1. The van der Waals surface area contributed by atoms with Crippen LogP contribution in [0, 0.1) is 0 Å². The number of ether oxygens (including phenoxy) is 3. The van der Waals surface area contributed by atoms with Crippen molar-refractivity contribution in [3.8, 4) is 0 Å². The number of carbonyl (C=O) groups excluding carboxylic acids is 1. The molecule has 0 aromatic carbocycles. The van der Waals surface area contributed by atoms with Gasteiger partial charge in [0.1, 0.15) is 48.5 Å². The van der Waals surface area contributed by atoms with E-state index >= 15 is 0 Å². The minimum atomic E-state index is -1.29. The van der Waals surface area contributed by atoms with Gasteiger partial charge >= 0.3 is 6.16 Å².